The summed E-state index contributed by atoms with van der Waals surface area (Å²) in [5, 5.41) is 6.71. The molecule has 2 heteroatoms. The van der Waals surface area contributed by atoms with Gasteiger partial charge in [0.05, 0.1) is 0 Å². The summed E-state index contributed by atoms with van der Waals surface area (Å²) >= 11 is 5.99. The van der Waals surface area contributed by atoms with E-state index in [1.807, 2.05) is 30.3 Å². The van der Waals surface area contributed by atoms with Crippen LogP contribution in [0.15, 0.2) is 91.0 Å². The number of nitrogens with one attached hydrogen (secondary N) is 1. The predicted molar refractivity (Wildman–Crippen MR) is 104 cm³/mol. The number of anilines is 2. The summed E-state index contributed by atoms with van der Waals surface area (Å²) in [6.45, 7) is 0. The quantitative estimate of drug-likeness (QED) is 0.431. The third-order valence-corrected chi connectivity index (χ3v) is 4.36. The smallest absolute Gasteiger partial charge is 0.0470 e. The molecule has 0 aliphatic heterocycles. The first-order valence-electron chi connectivity index (χ1n) is 7.91. The van der Waals surface area contributed by atoms with Crippen molar-refractivity contribution in [2.24, 2.45) is 0 Å². The largest absolute Gasteiger partial charge is 0.355 e. The fourth-order valence-corrected chi connectivity index (χ4v) is 3.12. The zero-order valence-corrected chi connectivity index (χ0v) is 13.8. The van der Waals surface area contributed by atoms with E-state index < -0.39 is 0 Å². The second-order valence-electron chi connectivity index (χ2n) is 5.71. The molecular weight excluding hydrogens is 314 g/mol. The average Bonchev–Trinajstić information content (AvgIpc) is 2.64. The van der Waals surface area contributed by atoms with Gasteiger partial charge in [0.25, 0.3) is 0 Å². The van der Waals surface area contributed by atoms with E-state index in [4.69, 9.17) is 11.6 Å². The Bertz CT molecular complexity index is 970. The average molecular weight is 330 g/mol. The lowest BCUT2D eigenvalue weighted by Crippen LogP contribution is -1.93. The van der Waals surface area contributed by atoms with Gasteiger partial charge in [-0.3, -0.25) is 0 Å². The van der Waals surface area contributed by atoms with Crippen LogP contribution in [0.4, 0.5) is 11.4 Å². The van der Waals surface area contributed by atoms with E-state index in [-0.39, 0.29) is 0 Å². The Labute approximate surface area is 146 Å². The van der Waals surface area contributed by atoms with Crippen LogP contribution in [0.2, 0.25) is 5.02 Å². The number of hydrogen-bond donors (Lipinski definition) is 1. The molecule has 0 saturated carbocycles. The van der Waals surface area contributed by atoms with Crippen LogP contribution in [0.3, 0.4) is 0 Å². The minimum absolute atomic E-state index is 0.739. The van der Waals surface area contributed by atoms with Gasteiger partial charge in [-0.25, -0.2) is 0 Å². The van der Waals surface area contributed by atoms with Crippen LogP contribution >= 0.6 is 11.6 Å². The fraction of sp³-hybridized carbons (Fsp3) is 0. The lowest BCUT2D eigenvalue weighted by Gasteiger charge is -2.14. The van der Waals surface area contributed by atoms with Gasteiger partial charge in [0.2, 0.25) is 0 Å². The monoisotopic (exact) mass is 329 g/mol. The van der Waals surface area contributed by atoms with E-state index in [1.165, 1.54) is 21.9 Å². The molecule has 0 amide bonds. The summed E-state index contributed by atoms with van der Waals surface area (Å²) in [5.41, 5.74) is 4.56. The van der Waals surface area contributed by atoms with Gasteiger partial charge < -0.3 is 5.32 Å². The zero-order chi connectivity index (χ0) is 16.4. The van der Waals surface area contributed by atoms with Gasteiger partial charge in [-0.15, -0.1) is 0 Å². The van der Waals surface area contributed by atoms with Crippen molar-refractivity contribution in [1.82, 2.24) is 0 Å². The maximum absolute atomic E-state index is 5.99. The van der Waals surface area contributed by atoms with Gasteiger partial charge >= 0.3 is 0 Å². The van der Waals surface area contributed by atoms with Gasteiger partial charge in [0.1, 0.15) is 0 Å². The number of hydrogen-bond acceptors (Lipinski definition) is 1. The fourth-order valence-electron chi connectivity index (χ4n) is 2.99. The highest BCUT2D eigenvalue weighted by Gasteiger charge is 2.08. The molecule has 0 heterocycles. The van der Waals surface area contributed by atoms with Crippen molar-refractivity contribution >= 4 is 33.7 Å². The van der Waals surface area contributed by atoms with Crippen LogP contribution in [0.1, 0.15) is 0 Å². The molecule has 116 valence electrons. The van der Waals surface area contributed by atoms with Crippen molar-refractivity contribution in [3.63, 3.8) is 0 Å². The second kappa shape index (κ2) is 6.38. The van der Waals surface area contributed by atoms with Crippen molar-refractivity contribution in [3.05, 3.63) is 96.0 Å². The number of benzene rings is 4. The Morgan fingerprint density at radius 2 is 1.33 bits per heavy atom. The first-order valence-corrected chi connectivity index (χ1v) is 8.29. The lowest BCUT2D eigenvalue weighted by molar-refractivity contribution is 1.57. The van der Waals surface area contributed by atoms with Crippen LogP contribution in [0, 0.1) is 0 Å². The third kappa shape index (κ3) is 2.86. The molecule has 1 nitrogen and oxygen atoms in total. The van der Waals surface area contributed by atoms with Gasteiger partial charge in [-0.05, 0) is 46.8 Å². The highest BCUT2D eigenvalue weighted by atomic mass is 35.5. The van der Waals surface area contributed by atoms with Crippen molar-refractivity contribution < 1.29 is 0 Å². The summed E-state index contributed by atoms with van der Waals surface area (Å²) in [6.07, 6.45) is 0. The van der Waals surface area contributed by atoms with Gasteiger partial charge in [-0.1, -0.05) is 72.3 Å². The Morgan fingerprint density at radius 1 is 0.625 bits per heavy atom. The summed E-state index contributed by atoms with van der Waals surface area (Å²) in [7, 11) is 0. The van der Waals surface area contributed by atoms with Crippen molar-refractivity contribution in [1.29, 1.82) is 0 Å². The highest BCUT2D eigenvalue weighted by Crippen LogP contribution is 2.35. The van der Waals surface area contributed by atoms with E-state index in [1.54, 1.807) is 0 Å². The van der Waals surface area contributed by atoms with Crippen molar-refractivity contribution in [2.75, 3.05) is 5.32 Å². The summed E-state index contributed by atoms with van der Waals surface area (Å²) in [5.74, 6) is 0. The van der Waals surface area contributed by atoms with Crippen LogP contribution in [-0.4, -0.2) is 0 Å². The molecule has 0 aliphatic rings. The second-order valence-corrected chi connectivity index (χ2v) is 6.14. The molecule has 0 fully saturated rings. The SMILES string of the molecule is Clc1ccc(Nc2cccc3cccc(-c4ccccc4)c23)cc1. The van der Waals surface area contributed by atoms with E-state index >= 15 is 0 Å². The van der Waals surface area contributed by atoms with E-state index in [2.05, 4.69) is 66.0 Å². The van der Waals surface area contributed by atoms with E-state index in [0.717, 1.165) is 16.4 Å². The maximum Gasteiger partial charge on any atom is 0.0470 e. The van der Waals surface area contributed by atoms with E-state index in [0.29, 0.717) is 0 Å². The van der Waals surface area contributed by atoms with Gasteiger partial charge in [0.15, 0.2) is 0 Å². The normalized spacial score (nSPS) is 10.7. The van der Waals surface area contributed by atoms with Crippen LogP contribution < -0.4 is 5.32 Å². The van der Waals surface area contributed by atoms with Crippen LogP contribution in [-0.2, 0) is 0 Å². The molecule has 4 aromatic carbocycles. The number of fused-ring (bicyclic) bond motifs is 1. The van der Waals surface area contributed by atoms with E-state index in [9.17, 15) is 0 Å². The predicted octanol–water partition coefficient (Wildman–Crippen LogP) is 6.90. The Hall–Kier alpha value is -2.77. The topological polar surface area (TPSA) is 12.0 Å². The lowest BCUT2D eigenvalue weighted by atomic mass is 9.97. The molecule has 1 N–H and O–H groups in total. The first-order chi connectivity index (χ1) is 11.8. The molecule has 0 radical (unpaired) electrons. The zero-order valence-electron chi connectivity index (χ0n) is 13.0. The molecule has 0 aliphatic carbocycles. The molecule has 0 aromatic heterocycles. The molecule has 0 saturated heterocycles. The first kappa shape index (κ1) is 14.8. The minimum Gasteiger partial charge on any atom is -0.355 e. The Morgan fingerprint density at radius 3 is 2.08 bits per heavy atom. The Kier molecular flexibility index (Phi) is 3.94. The summed E-state index contributed by atoms with van der Waals surface area (Å²) in [6, 6.07) is 31.0. The van der Waals surface area contributed by atoms with Crippen molar-refractivity contribution in [2.45, 2.75) is 0 Å². The third-order valence-electron chi connectivity index (χ3n) is 4.11. The molecular formula is C22H16ClN. The number of halogens is 1. The molecule has 4 rings (SSSR count). The molecule has 0 unspecified atom stereocenters. The van der Waals surface area contributed by atoms with Crippen LogP contribution in [0.25, 0.3) is 21.9 Å². The summed E-state index contributed by atoms with van der Waals surface area (Å²) in [4.78, 5) is 0. The molecule has 4 aromatic rings. The molecule has 24 heavy (non-hydrogen) atoms. The molecule has 0 bridgehead atoms. The maximum atomic E-state index is 5.99. The minimum atomic E-state index is 0.739. The van der Waals surface area contributed by atoms with Gasteiger partial charge in [0, 0.05) is 21.8 Å². The Balaban J connectivity index is 1.88. The highest BCUT2D eigenvalue weighted by molar-refractivity contribution is 6.30. The number of rotatable bonds is 3. The van der Waals surface area contributed by atoms with Gasteiger partial charge in [-0.2, -0.15) is 0 Å². The molecule has 0 atom stereocenters. The summed E-state index contributed by atoms with van der Waals surface area (Å²) < 4.78 is 0. The molecule has 0 spiro atoms. The van der Waals surface area contributed by atoms with Crippen molar-refractivity contribution in [3.8, 4) is 11.1 Å². The van der Waals surface area contributed by atoms with Crippen LogP contribution in [0.5, 0.6) is 0 Å². The standard InChI is InChI=1S/C22H16ClN/c23-18-12-14-19(15-13-18)24-21-11-5-9-17-8-4-10-20(22(17)21)16-6-2-1-3-7-16/h1-15,24H.